The number of hydrogen-bond acceptors (Lipinski definition) is 0. The molecule has 0 aliphatic rings. The largest absolute Gasteiger partial charge is 1.00 e. The predicted octanol–water partition coefficient (Wildman–Crippen LogP) is -1.87. The minimum absolute atomic E-state index is 0. The molecule has 0 fully saturated rings. The number of rotatable bonds is 2. The second kappa shape index (κ2) is 6.96. The Morgan fingerprint density at radius 3 is 2.00 bits per heavy atom. The zero-order valence-corrected chi connectivity index (χ0v) is 6.57. The zero-order valence-electron chi connectivity index (χ0n) is 5.82. The van der Waals surface area contributed by atoms with Crippen LogP contribution in [0.1, 0.15) is 20.3 Å². The first-order chi connectivity index (χ1) is 3.31. The summed E-state index contributed by atoms with van der Waals surface area (Å²) in [5.41, 5.74) is 0. The molecule has 0 aromatic rings. The second-order valence-electron chi connectivity index (χ2n) is 1.66. The summed E-state index contributed by atoms with van der Waals surface area (Å²) >= 11 is 0. The van der Waals surface area contributed by atoms with Gasteiger partial charge in [-0.2, -0.15) is 0 Å². The molecule has 0 aliphatic heterocycles. The third-order valence-corrected chi connectivity index (χ3v) is 0.993. The highest BCUT2D eigenvalue weighted by atomic mass is 35.5. The van der Waals surface area contributed by atoms with Crippen molar-refractivity contribution in [3.8, 4) is 0 Å². The monoisotopic (exact) mass is 135 g/mol. The molecular formula is C6H14ClN. The molecule has 0 aromatic carbocycles. The van der Waals surface area contributed by atoms with Gasteiger partial charge in [-0.3, -0.25) is 0 Å². The number of halogens is 1. The van der Waals surface area contributed by atoms with E-state index < -0.39 is 0 Å². The van der Waals surface area contributed by atoms with E-state index >= 15 is 0 Å². The normalized spacial score (nSPS) is 10.6. The zero-order chi connectivity index (χ0) is 5.70. The minimum atomic E-state index is 0. The van der Waals surface area contributed by atoms with E-state index in [2.05, 4.69) is 31.7 Å². The Morgan fingerprint density at radius 1 is 1.38 bits per heavy atom. The molecule has 0 atom stereocenters. The quantitative estimate of drug-likeness (QED) is 0.309. The maximum Gasteiger partial charge on any atom is 0.139 e. The van der Waals surface area contributed by atoms with Crippen LogP contribution in [0.3, 0.4) is 0 Å². The lowest BCUT2D eigenvalue weighted by Gasteiger charge is -1.85. The third kappa shape index (κ3) is 5.96. The van der Waals surface area contributed by atoms with E-state index in [0.717, 1.165) is 13.0 Å². The fourth-order valence-electron chi connectivity index (χ4n) is 0.441. The maximum atomic E-state index is 2.18. The molecule has 0 bridgehead atoms. The van der Waals surface area contributed by atoms with Crippen LogP contribution in [0.2, 0.25) is 0 Å². The molecule has 0 unspecified atom stereocenters. The fourth-order valence-corrected chi connectivity index (χ4v) is 0.441. The van der Waals surface area contributed by atoms with E-state index in [1.165, 1.54) is 0 Å². The Balaban J connectivity index is 0. The van der Waals surface area contributed by atoms with E-state index in [4.69, 9.17) is 0 Å². The Morgan fingerprint density at radius 2 is 1.88 bits per heavy atom. The van der Waals surface area contributed by atoms with Crippen LogP contribution < -0.4 is 12.4 Å². The van der Waals surface area contributed by atoms with Gasteiger partial charge in [0.05, 0.1) is 0 Å². The summed E-state index contributed by atoms with van der Waals surface area (Å²) < 4.78 is 2.18. The topological polar surface area (TPSA) is 3.01 Å². The van der Waals surface area contributed by atoms with Gasteiger partial charge < -0.3 is 12.4 Å². The summed E-state index contributed by atoms with van der Waals surface area (Å²) in [6.45, 7) is 5.41. The van der Waals surface area contributed by atoms with Crippen molar-refractivity contribution in [3.05, 3.63) is 0 Å². The molecule has 2 heteroatoms. The van der Waals surface area contributed by atoms with Crippen LogP contribution in [0.4, 0.5) is 0 Å². The highest BCUT2D eigenvalue weighted by molar-refractivity contribution is 5.50. The molecule has 0 aliphatic carbocycles. The van der Waals surface area contributed by atoms with Crippen molar-refractivity contribution in [1.29, 1.82) is 0 Å². The number of nitrogens with zero attached hydrogens (tertiary/aromatic N) is 1. The van der Waals surface area contributed by atoms with Crippen molar-refractivity contribution in [3.63, 3.8) is 0 Å². The molecule has 0 rings (SSSR count). The first kappa shape index (κ1) is 10.9. The van der Waals surface area contributed by atoms with Gasteiger partial charge in [0.15, 0.2) is 0 Å². The van der Waals surface area contributed by atoms with Crippen molar-refractivity contribution in [2.24, 2.45) is 0 Å². The van der Waals surface area contributed by atoms with Gasteiger partial charge in [-0.05, 0) is 6.92 Å². The molecule has 0 saturated heterocycles. The number of hydrogen-bond donors (Lipinski definition) is 0. The summed E-state index contributed by atoms with van der Waals surface area (Å²) in [4.78, 5) is 0. The first-order valence-corrected chi connectivity index (χ1v) is 2.84. The molecule has 50 valence electrons. The summed E-state index contributed by atoms with van der Waals surface area (Å²) in [6.07, 6.45) is 3.32. The van der Waals surface area contributed by atoms with Gasteiger partial charge in [-0.1, -0.05) is 6.92 Å². The Hall–Kier alpha value is -0.0400. The van der Waals surface area contributed by atoms with Gasteiger partial charge in [0.1, 0.15) is 19.8 Å². The Labute approximate surface area is 57.8 Å². The first-order valence-electron chi connectivity index (χ1n) is 2.84. The standard InChI is InChI=1S/C6H14N.ClH/c1-4-6-7(3)5-2;/h6H,4-5H2,1-3H3;1H/q+1;/p-1. The molecule has 8 heavy (non-hydrogen) atoms. The molecule has 0 aromatic heterocycles. The van der Waals surface area contributed by atoms with E-state index in [1.54, 1.807) is 0 Å². The lowest BCUT2D eigenvalue weighted by molar-refractivity contribution is -0.489. The SMILES string of the molecule is CCC=[N+](C)CC.[Cl-]. The van der Waals surface area contributed by atoms with E-state index in [0.29, 0.717) is 0 Å². The van der Waals surface area contributed by atoms with Gasteiger partial charge in [0.2, 0.25) is 0 Å². The van der Waals surface area contributed by atoms with Crippen molar-refractivity contribution in [1.82, 2.24) is 0 Å². The minimum Gasteiger partial charge on any atom is -1.00 e. The van der Waals surface area contributed by atoms with Gasteiger partial charge in [0, 0.05) is 6.42 Å². The van der Waals surface area contributed by atoms with Crippen molar-refractivity contribution < 1.29 is 17.0 Å². The Kier molecular flexibility index (Phi) is 9.44. The maximum absolute atomic E-state index is 2.18. The third-order valence-electron chi connectivity index (χ3n) is 0.993. The highest BCUT2D eigenvalue weighted by Gasteiger charge is 1.82. The fraction of sp³-hybridized carbons (Fsp3) is 0.833. The second-order valence-corrected chi connectivity index (χ2v) is 1.66. The van der Waals surface area contributed by atoms with Crippen LogP contribution in [0.5, 0.6) is 0 Å². The average Bonchev–Trinajstić information content (AvgIpc) is 1.68. The highest BCUT2D eigenvalue weighted by Crippen LogP contribution is 1.67. The van der Waals surface area contributed by atoms with Crippen molar-refractivity contribution >= 4 is 6.21 Å². The molecule has 0 saturated carbocycles. The van der Waals surface area contributed by atoms with E-state index in [9.17, 15) is 0 Å². The summed E-state index contributed by atoms with van der Waals surface area (Å²) in [7, 11) is 2.09. The van der Waals surface area contributed by atoms with E-state index in [1.807, 2.05) is 0 Å². The van der Waals surface area contributed by atoms with Crippen LogP contribution in [-0.4, -0.2) is 24.4 Å². The van der Waals surface area contributed by atoms with Crippen LogP contribution >= 0.6 is 0 Å². The molecule has 0 spiro atoms. The summed E-state index contributed by atoms with van der Waals surface area (Å²) in [5.74, 6) is 0. The summed E-state index contributed by atoms with van der Waals surface area (Å²) in [6, 6.07) is 0. The van der Waals surface area contributed by atoms with Crippen LogP contribution in [0.25, 0.3) is 0 Å². The molecule has 1 nitrogen and oxygen atoms in total. The van der Waals surface area contributed by atoms with Crippen LogP contribution in [0.15, 0.2) is 0 Å². The smallest absolute Gasteiger partial charge is 0.139 e. The molecule has 0 heterocycles. The van der Waals surface area contributed by atoms with Gasteiger partial charge in [-0.25, -0.2) is 4.58 Å². The molecular weight excluding hydrogens is 122 g/mol. The van der Waals surface area contributed by atoms with Gasteiger partial charge in [0.25, 0.3) is 0 Å². The van der Waals surface area contributed by atoms with E-state index in [-0.39, 0.29) is 12.4 Å². The Bertz CT molecular complexity index is 68.9. The molecule has 0 radical (unpaired) electrons. The average molecular weight is 136 g/mol. The summed E-state index contributed by atoms with van der Waals surface area (Å²) in [5, 5.41) is 0. The van der Waals surface area contributed by atoms with Crippen molar-refractivity contribution in [2.75, 3.05) is 13.6 Å². The lowest BCUT2D eigenvalue weighted by atomic mass is 10.5. The lowest BCUT2D eigenvalue weighted by Crippen LogP contribution is -3.00. The predicted molar refractivity (Wildman–Crippen MR) is 33.1 cm³/mol. The molecule has 0 N–H and O–H groups in total. The van der Waals surface area contributed by atoms with Crippen LogP contribution in [0, 0.1) is 0 Å². The van der Waals surface area contributed by atoms with Gasteiger partial charge >= 0.3 is 0 Å². The van der Waals surface area contributed by atoms with Crippen molar-refractivity contribution in [2.45, 2.75) is 20.3 Å². The van der Waals surface area contributed by atoms with Crippen LogP contribution in [-0.2, 0) is 0 Å². The van der Waals surface area contributed by atoms with Gasteiger partial charge in [-0.15, -0.1) is 0 Å². The molecule has 0 amide bonds.